The van der Waals surface area contributed by atoms with E-state index >= 15 is 0 Å². The van der Waals surface area contributed by atoms with Crippen molar-refractivity contribution in [1.82, 2.24) is 9.88 Å². The maximum Gasteiger partial charge on any atom is 0.123 e. The van der Waals surface area contributed by atoms with E-state index in [0.29, 0.717) is 5.92 Å². The molecule has 25 heavy (non-hydrogen) atoms. The van der Waals surface area contributed by atoms with Crippen molar-refractivity contribution in [2.45, 2.75) is 18.5 Å². The number of hydrogen-bond acceptors (Lipinski definition) is 4. The molecular weight excluding hydrogens is 333 g/mol. The number of halogens is 1. The van der Waals surface area contributed by atoms with Gasteiger partial charge in [0.1, 0.15) is 10.8 Å². The van der Waals surface area contributed by atoms with Gasteiger partial charge in [0.15, 0.2) is 0 Å². The summed E-state index contributed by atoms with van der Waals surface area (Å²) in [5, 5.41) is 3.01. The number of nitrogens with zero attached hydrogens (tertiary/aromatic N) is 2. The zero-order chi connectivity index (χ0) is 17.2. The molecule has 3 aromatic rings. The molecule has 2 aromatic carbocycles. The molecule has 4 rings (SSSR count). The van der Waals surface area contributed by atoms with Crippen molar-refractivity contribution in [1.29, 1.82) is 0 Å². The quantitative estimate of drug-likeness (QED) is 0.774. The van der Waals surface area contributed by atoms with Gasteiger partial charge in [0.05, 0.1) is 5.69 Å². The molecule has 128 valence electrons. The van der Waals surface area contributed by atoms with Gasteiger partial charge in [-0.25, -0.2) is 9.37 Å². The number of likely N-dealkylation sites (tertiary alicyclic amines) is 1. The summed E-state index contributed by atoms with van der Waals surface area (Å²) >= 11 is 1.60. The molecule has 2 N–H and O–H groups in total. The fourth-order valence-electron chi connectivity index (χ4n) is 3.43. The molecule has 1 aliphatic rings. The summed E-state index contributed by atoms with van der Waals surface area (Å²) in [6.45, 7) is 2.63. The maximum atomic E-state index is 13.1. The second-order valence-corrected chi connectivity index (χ2v) is 7.38. The summed E-state index contributed by atoms with van der Waals surface area (Å²) in [5.41, 5.74) is 9.68. The molecule has 0 unspecified atom stereocenters. The standard InChI is InChI=1S/C20H20FN3S/c21-16-8-6-15(7-9-16)20-23-17(13-25-20)10-24-11-18(19(22)12-24)14-4-2-1-3-5-14/h1-9,13,18-19H,10-12,22H2/t18-,19+/m0/s1. The first-order valence-corrected chi connectivity index (χ1v) is 9.30. The Morgan fingerprint density at radius 3 is 2.60 bits per heavy atom. The van der Waals surface area contributed by atoms with Crippen molar-refractivity contribution >= 4 is 11.3 Å². The highest BCUT2D eigenvalue weighted by atomic mass is 32.1. The van der Waals surface area contributed by atoms with Crippen LogP contribution in [0.4, 0.5) is 4.39 Å². The van der Waals surface area contributed by atoms with Gasteiger partial charge >= 0.3 is 0 Å². The van der Waals surface area contributed by atoms with E-state index < -0.39 is 0 Å². The molecule has 2 heterocycles. The van der Waals surface area contributed by atoms with Crippen LogP contribution in [0.3, 0.4) is 0 Å². The third kappa shape index (κ3) is 3.63. The summed E-state index contributed by atoms with van der Waals surface area (Å²) in [7, 11) is 0. The number of hydrogen-bond donors (Lipinski definition) is 1. The topological polar surface area (TPSA) is 42.1 Å². The first-order chi connectivity index (χ1) is 12.2. The number of benzene rings is 2. The Hall–Kier alpha value is -2.08. The van der Waals surface area contributed by atoms with Crippen LogP contribution in [0.1, 0.15) is 17.2 Å². The van der Waals surface area contributed by atoms with Crippen LogP contribution in [0, 0.1) is 5.82 Å². The second kappa shape index (κ2) is 7.04. The van der Waals surface area contributed by atoms with Crippen LogP contribution in [0.15, 0.2) is 60.0 Å². The van der Waals surface area contributed by atoms with Gasteiger partial charge in [-0.1, -0.05) is 30.3 Å². The highest BCUT2D eigenvalue weighted by Gasteiger charge is 2.31. The van der Waals surface area contributed by atoms with Crippen LogP contribution < -0.4 is 5.73 Å². The first kappa shape index (κ1) is 16.4. The molecule has 5 heteroatoms. The molecule has 1 saturated heterocycles. The van der Waals surface area contributed by atoms with Crippen molar-refractivity contribution in [2.75, 3.05) is 13.1 Å². The number of thiazole rings is 1. The van der Waals surface area contributed by atoms with E-state index in [0.717, 1.165) is 35.9 Å². The van der Waals surface area contributed by atoms with Gasteiger partial charge in [-0.2, -0.15) is 0 Å². The Morgan fingerprint density at radius 1 is 1.08 bits per heavy atom. The van der Waals surface area contributed by atoms with Crippen LogP contribution in [0.25, 0.3) is 10.6 Å². The SMILES string of the molecule is N[C@@H]1CN(Cc2csc(-c3ccc(F)cc3)n2)C[C@H]1c1ccccc1. The summed E-state index contributed by atoms with van der Waals surface area (Å²) in [5.74, 6) is 0.148. The van der Waals surface area contributed by atoms with Crippen LogP contribution in [-0.4, -0.2) is 29.0 Å². The van der Waals surface area contributed by atoms with Crippen LogP contribution in [0.2, 0.25) is 0 Å². The summed E-state index contributed by atoms with van der Waals surface area (Å²) in [4.78, 5) is 7.08. The highest BCUT2D eigenvalue weighted by Crippen LogP contribution is 2.29. The first-order valence-electron chi connectivity index (χ1n) is 8.42. The van der Waals surface area contributed by atoms with E-state index in [2.05, 4.69) is 34.5 Å². The van der Waals surface area contributed by atoms with Crippen molar-refractivity contribution in [2.24, 2.45) is 5.73 Å². The zero-order valence-corrected chi connectivity index (χ0v) is 14.6. The molecular formula is C20H20FN3S. The van der Waals surface area contributed by atoms with Gasteiger partial charge in [-0.15, -0.1) is 11.3 Å². The molecule has 1 fully saturated rings. The van der Waals surface area contributed by atoms with Crippen molar-refractivity contribution in [3.63, 3.8) is 0 Å². The molecule has 0 amide bonds. The normalized spacial score (nSPS) is 20.9. The third-order valence-corrected chi connectivity index (χ3v) is 5.64. The number of aromatic nitrogens is 1. The lowest BCUT2D eigenvalue weighted by Crippen LogP contribution is -2.28. The number of rotatable bonds is 4. The molecule has 0 radical (unpaired) electrons. The lowest BCUT2D eigenvalue weighted by atomic mass is 9.95. The van der Waals surface area contributed by atoms with E-state index in [1.807, 2.05) is 6.07 Å². The minimum absolute atomic E-state index is 0.151. The van der Waals surface area contributed by atoms with Crippen molar-refractivity contribution < 1.29 is 4.39 Å². The van der Waals surface area contributed by atoms with Gasteiger partial charge in [0.2, 0.25) is 0 Å². The Balaban J connectivity index is 1.44. The van der Waals surface area contributed by atoms with E-state index in [1.165, 1.54) is 17.7 Å². The average molecular weight is 353 g/mol. The number of nitrogens with two attached hydrogens (primary N) is 1. The van der Waals surface area contributed by atoms with Gasteiger partial charge < -0.3 is 5.73 Å². The molecule has 1 aromatic heterocycles. The monoisotopic (exact) mass is 353 g/mol. The molecule has 0 spiro atoms. The maximum absolute atomic E-state index is 13.1. The molecule has 1 aliphatic heterocycles. The summed E-state index contributed by atoms with van der Waals surface area (Å²) < 4.78 is 13.1. The van der Waals surface area contributed by atoms with Gasteiger partial charge in [-0.05, 0) is 29.8 Å². The fraction of sp³-hybridized carbons (Fsp3) is 0.250. The highest BCUT2D eigenvalue weighted by molar-refractivity contribution is 7.13. The Labute approximate surface area is 150 Å². The fourth-order valence-corrected chi connectivity index (χ4v) is 4.25. The summed E-state index contributed by atoms with van der Waals surface area (Å²) in [6.07, 6.45) is 0. The van der Waals surface area contributed by atoms with E-state index in [-0.39, 0.29) is 11.9 Å². The molecule has 0 bridgehead atoms. The van der Waals surface area contributed by atoms with Crippen molar-refractivity contribution in [3.8, 4) is 10.6 Å². The Bertz CT molecular complexity index is 832. The molecule has 0 aliphatic carbocycles. The molecule has 3 nitrogen and oxygen atoms in total. The largest absolute Gasteiger partial charge is 0.326 e. The lowest BCUT2D eigenvalue weighted by Gasteiger charge is -2.15. The van der Waals surface area contributed by atoms with Crippen molar-refractivity contribution in [3.05, 3.63) is 77.1 Å². The predicted octanol–water partition coefficient (Wildman–Crippen LogP) is 3.88. The average Bonchev–Trinajstić information content (AvgIpc) is 3.23. The molecule has 0 saturated carbocycles. The van der Waals surface area contributed by atoms with Crippen LogP contribution in [-0.2, 0) is 6.54 Å². The predicted molar refractivity (Wildman–Crippen MR) is 99.9 cm³/mol. The Kier molecular flexibility index (Phi) is 4.61. The van der Waals surface area contributed by atoms with Crippen LogP contribution in [0.5, 0.6) is 0 Å². The van der Waals surface area contributed by atoms with E-state index in [9.17, 15) is 4.39 Å². The third-order valence-electron chi connectivity index (χ3n) is 4.70. The lowest BCUT2D eigenvalue weighted by molar-refractivity contribution is 0.320. The minimum atomic E-state index is -0.224. The smallest absolute Gasteiger partial charge is 0.123 e. The van der Waals surface area contributed by atoms with E-state index in [1.54, 1.807) is 23.5 Å². The van der Waals surface area contributed by atoms with Gasteiger partial charge in [0.25, 0.3) is 0 Å². The van der Waals surface area contributed by atoms with Gasteiger partial charge in [0, 0.05) is 42.5 Å². The van der Waals surface area contributed by atoms with Crippen LogP contribution >= 0.6 is 11.3 Å². The summed E-state index contributed by atoms with van der Waals surface area (Å²) in [6, 6.07) is 17.1. The van der Waals surface area contributed by atoms with E-state index in [4.69, 9.17) is 10.7 Å². The minimum Gasteiger partial charge on any atom is -0.326 e. The Morgan fingerprint density at radius 2 is 1.84 bits per heavy atom. The zero-order valence-electron chi connectivity index (χ0n) is 13.8. The molecule has 2 atom stereocenters. The second-order valence-electron chi connectivity index (χ2n) is 6.53. The van der Waals surface area contributed by atoms with Gasteiger partial charge in [-0.3, -0.25) is 4.90 Å².